The van der Waals surface area contributed by atoms with Crippen molar-refractivity contribution in [2.45, 2.75) is 25.8 Å². The van der Waals surface area contributed by atoms with Crippen molar-refractivity contribution in [3.63, 3.8) is 0 Å². The lowest BCUT2D eigenvalue weighted by Crippen LogP contribution is -2.40. The minimum atomic E-state index is -0.734. The van der Waals surface area contributed by atoms with Gasteiger partial charge in [-0.15, -0.1) is 0 Å². The number of nitrogens with one attached hydrogen (secondary N) is 3. The zero-order chi connectivity index (χ0) is 21.5. The third-order valence-electron chi connectivity index (χ3n) is 4.64. The average Bonchev–Trinajstić information content (AvgIpc) is 3.58. The first-order chi connectivity index (χ1) is 14.4. The van der Waals surface area contributed by atoms with E-state index >= 15 is 0 Å². The van der Waals surface area contributed by atoms with Gasteiger partial charge in [0.15, 0.2) is 0 Å². The molecule has 0 aromatic heterocycles. The van der Waals surface area contributed by atoms with Gasteiger partial charge in [-0.1, -0.05) is 18.2 Å². The highest BCUT2D eigenvalue weighted by atomic mass is 16.5. The number of carbonyl (C=O) groups excluding carboxylic acids is 3. The number of benzene rings is 2. The Labute approximate surface area is 175 Å². The maximum Gasteiger partial charge on any atom is 0.246 e. The first-order valence-corrected chi connectivity index (χ1v) is 9.79. The van der Waals surface area contributed by atoms with Gasteiger partial charge in [-0.3, -0.25) is 14.4 Å². The number of methoxy groups -OCH3 is 1. The molecule has 1 unspecified atom stereocenters. The summed E-state index contributed by atoms with van der Waals surface area (Å²) >= 11 is 0. The third-order valence-corrected chi connectivity index (χ3v) is 4.64. The summed E-state index contributed by atoms with van der Waals surface area (Å²) in [4.78, 5) is 36.4. The van der Waals surface area contributed by atoms with Crippen LogP contribution >= 0.6 is 0 Å². The van der Waals surface area contributed by atoms with Crippen LogP contribution in [-0.2, 0) is 14.4 Å². The van der Waals surface area contributed by atoms with E-state index in [1.54, 1.807) is 56.5 Å². The Morgan fingerprint density at radius 1 is 1.03 bits per heavy atom. The molecule has 3 N–H and O–H groups in total. The van der Waals surface area contributed by atoms with Gasteiger partial charge in [0.25, 0.3) is 0 Å². The summed E-state index contributed by atoms with van der Waals surface area (Å²) < 4.78 is 5.09. The van der Waals surface area contributed by atoms with Crippen LogP contribution in [0.2, 0.25) is 0 Å². The minimum absolute atomic E-state index is 0.00255. The fourth-order valence-electron chi connectivity index (χ4n) is 2.73. The highest BCUT2D eigenvalue weighted by Crippen LogP contribution is 2.30. The Morgan fingerprint density at radius 2 is 1.70 bits per heavy atom. The molecule has 1 fully saturated rings. The van der Waals surface area contributed by atoms with Crippen LogP contribution in [0.1, 0.15) is 25.3 Å². The minimum Gasteiger partial charge on any atom is -0.497 e. The van der Waals surface area contributed by atoms with E-state index in [0.29, 0.717) is 11.4 Å². The molecule has 0 bridgehead atoms. The Bertz CT molecular complexity index is 949. The van der Waals surface area contributed by atoms with Gasteiger partial charge in [0.1, 0.15) is 11.8 Å². The highest BCUT2D eigenvalue weighted by Gasteiger charge is 2.29. The number of ether oxygens (including phenoxy) is 1. The second-order valence-electron chi connectivity index (χ2n) is 7.17. The average molecular weight is 407 g/mol. The lowest BCUT2D eigenvalue weighted by Gasteiger charge is -2.14. The standard InChI is InChI=1S/C23H25N3O4/c1-15(24-21(27)13-8-16-6-11-20(30-2)12-7-16)22(28)25-18-4-3-5-19(14-18)26-23(29)17-9-10-17/h3-8,11-15,17H,9-10H2,1-2H3,(H,24,27)(H,25,28)(H,26,29)/b13-8+. The Morgan fingerprint density at radius 3 is 2.33 bits per heavy atom. The molecule has 7 nitrogen and oxygen atoms in total. The van der Waals surface area contributed by atoms with Gasteiger partial charge in [-0.05, 0) is 61.7 Å². The largest absolute Gasteiger partial charge is 0.497 e. The first kappa shape index (κ1) is 21.1. The zero-order valence-electron chi connectivity index (χ0n) is 17.0. The van der Waals surface area contributed by atoms with E-state index in [1.165, 1.54) is 6.08 Å². The predicted molar refractivity (Wildman–Crippen MR) is 116 cm³/mol. The molecule has 2 aromatic carbocycles. The van der Waals surface area contributed by atoms with Crippen molar-refractivity contribution < 1.29 is 19.1 Å². The first-order valence-electron chi connectivity index (χ1n) is 9.79. The quantitative estimate of drug-likeness (QED) is 0.586. The van der Waals surface area contributed by atoms with Crippen molar-refractivity contribution in [2.24, 2.45) is 5.92 Å². The van der Waals surface area contributed by atoms with E-state index in [4.69, 9.17) is 4.74 Å². The summed E-state index contributed by atoms with van der Waals surface area (Å²) in [5, 5.41) is 8.22. The fraction of sp³-hybridized carbons (Fsp3) is 0.261. The fourth-order valence-corrected chi connectivity index (χ4v) is 2.73. The summed E-state index contributed by atoms with van der Waals surface area (Å²) in [7, 11) is 1.59. The lowest BCUT2D eigenvalue weighted by molar-refractivity contribution is -0.123. The third kappa shape index (κ3) is 6.20. The number of hydrogen-bond donors (Lipinski definition) is 3. The van der Waals surface area contributed by atoms with Crippen LogP contribution in [0.15, 0.2) is 54.6 Å². The van der Waals surface area contributed by atoms with Gasteiger partial charge in [-0.25, -0.2) is 0 Å². The number of anilines is 2. The summed E-state index contributed by atoms with van der Waals surface area (Å²) in [6, 6.07) is 13.5. The summed E-state index contributed by atoms with van der Waals surface area (Å²) in [6.07, 6.45) is 4.88. The molecule has 156 valence electrons. The second-order valence-corrected chi connectivity index (χ2v) is 7.17. The summed E-state index contributed by atoms with van der Waals surface area (Å²) in [5.41, 5.74) is 2.01. The maximum absolute atomic E-state index is 12.4. The van der Waals surface area contributed by atoms with Crippen molar-refractivity contribution >= 4 is 35.2 Å². The second kappa shape index (κ2) is 9.73. The van der Waals surface area contributed by atoms with Crippen molar-refractivity contribution in [1.82, 2.24) is 5.32 Å². The topological polar surface area (TPSA) is 96.5 Å². The van der Waals surface area contributed by atoms with Crippen LogP contribution in [0.25, 0.3) is 6.08 Å². The predicted octanol–water partition coefficient (Wildman–Crippen LogP) is 3.20. The van der Waals surface area contributed by atoms with Crippen molar-refractivity contribution in [3.8, 4) is 5.75 Å². The van der Waals surface area contributed by atoms with Crippen LogP contribution < -0.4 is 20.7 Å². The molecular weight excluding hydrogens is 382 g/mol. The van der Waals surface area contributed by atoms with Gasteiger partial charge < -0.3 is 20.7 Å². The van der Waals surface area contributed by atoms with Gasteiger partial charge >= 0.3 is 0 Å². The molecular formula is C23H25N3O4. The van der Waals surface area contributed by atoms with Gasteiger partial charge in [0.2, 0.25) is 17.7 Å². The molecule has 1 saturated carbocycles. The van der Waals surface area contributed by atoms with E-state index in [2.05, 4.69) is 16.0 Å². The Hall–Kier alpha value is -3.61. The normalized spacial score (nSPS) is 14.1. The van der Waals surface area contributed by atoms with E-state index in [-0.39, 0.29) is 23.6 Å². The molecule has 0 aliphatic heterocycles. The molecule has 0 heterocycles. The molecule has 0 spiro atoms. The van der Waals surface area contributed by atoms with Crippen LogP contribution in [0.5, 0.6) is 5.75 Å². The number of rotatable bonds is 8. The van der Waals surface area contributed by atoms with Gasteiger partial charge in [-0.2, -0.15) is 0 Å². The molecule has 2 aromatic rings. The Balaban J connectivity index is 1.50. The zero-order valence-corrected chi connectivity index (χ0v) is 17.0. The molecule has 3 amide bonds. The van der Waals surface area contributed by atoms with Crippen molar-refractivity contribution in [3.05, 3.63) is 60.2 Å². The maximum atomic E-state index is 12.4. The summed E-state index contributed by atoms with van der Waals surface area (Å²) in [6.45, 7) is 1.60. The molecule has 3 rings (SSSR count). The summed E-state index contributed by atoms with van der Waals surface area (Å²) in [5.74, 6) is 0.107. The molecule has 1 aliphatic rings. The highest BCUT2D eigenvalue weighted by molar-refractivity contribution is 6.00. The monoisotopic (exact) mass is 407 g/mol. The van der Waals surface area contributed by atoms with Crippen molar-refractivity contribution in [1.29, 1.82) is 0 Å². The van der Waals surface area contributed by atoms with Crippen LogP contribution in [0.3, 0.4) is 0 Å². The molecule has 30 heavy (non-hydrogen) atoms. The molecule has 7 heteroatoms. The van der Waals surface area contributed by atoms with E-state index in [9.17, 15) is 14.4 Å². The SMILES string of the molecule is COc1ccc(/C=C/C(=O)NC(C)C(=O)Nc2cccc(NC(=O)C3CC3)c2)cc1. The van der Waals surface area contributed by atoms with Crippen LogP contribution in [0.4, 0.5) is 11.4 Å². The van der Waals surface area contributed by atoms with E-state index < -0.39 is 6.04 Å². The van der Waals surface area contributed by atoms with Crippen LogP contribution in [0, 0.1) is 5.92 Å². The number of carbonyl (C=O) groups is 3. The molecule has 0 saturated heterocycles. The molecule has 1 atom stereocenters. The number of amides is 3. The van der Waals surface area contributed by atoms with Gasteiger partial charge in [0, 0.05) is 23.4 Å². The molecule has 0 radical (unpaired) electrons. The number of hydrogen-bond acceptors (Lipinski definition) is 4. The van der Waals surface area contributed by atoms with Crippen molar-refractivity contribution in [2.75, 3.05) is 17.7 Å². The van der Waals surface area contributed by atoms with Gasteiger partial charge in [0.05, 0.1) is 7.11 Å². The van der Waals surface area contributed by atoms with E-state index in [1.807, 2.05) is 12.1 Å². The Kier molecular flexibility index (Phi) is 6.85. The smallest absolute Gasteiger partial charge is 0.246 e. The van der Waals surface area contributed by atoms with E-state index in [0.717, 1.165) is 24.2 Å². The molecule has 1 aliphatic carbocycles. The lowest BCUT2D eigenvalue weighted by atomic mass is 10.2. The van der Waals surface area contributed by atoms with Crippen LogP contribution in [-0.4, -0.2) is 30.9 Å².